The largest absolute Gasteiger partial charge is 0.454 e. The molecule has 5 rings (SSSR count). The molecular weight excluding hydrogens is 494 g/mol. The Morgan fingerprint density at radius 2 is 1.79 bits per heavy atom. The SMILES string of the molecule is CCC(C)(C)NC(=O)[C@H](c1ccccc1C)N(Cc1ccc2c(c1)OCO2)C(=O)Cn1nnc2ccccc21. The minimum atomic E-state index is -0.871. The van der Waals surface area contributed by atoms with Crippen LogP contribution < -0.4 is 14.8 Å². The Kier molecular flexibility index (Phi) is 7.24. The van der Waals surface area contributed by atoms with Gasteiger partial charge in [-0.25, -0.2) is 4.68 Å². The summed E-state index contributed by atoms with van der Waals surface area (Å²) in [5.41, 5.74) is 3.50. The first-order valence-corrected chi connectivity index (χ1v) is 13.1. The van der Waals surface area contributed by atoms with Crippen molar-refractivity contribution in [3.05, 3.63) is 83.4 Å². The minimum Gasteiger partial charge on any atom is -0.454 e. The van der Waals surface area contributed by atoms with Gasteiger partial charge in [-0.3, -0.25) is 9.59 Å². The van der Waals surface area contributed by atoms with Crippen molar-refractivity contribution in [3.8, 4) is 11.5 Å². The molecule has 1 atom stereocenters. The number of benzene rings is 3. The van der Waals surface area contributed by atoms with Crippen molar-refractivity contribution in [2.75, 3.05) is 6.79 Å². The van der Waals surface area contributed by atoms with E-state index in [1.165, 1.54) is 0 Å². The summed E-state index contributed by atoms with van der Waals surface area (Å²) in [6.45, 7) is 8.19. The van der Waals surface area contributed by atoms with E-state index >= 15 is 0 Å². The molecule has 0 radical (unpaired) electrons. The van der Waals surface area contributed by atoms with E-state index in [0.29, 0.717) is 17.0 Å². The van der Waals surface area contributed by atoms with Gasteiger partial charge in [0.2, 0.25) is 18.6 Å². The quantitative estimate of drug-likeness (QED) is 0.343. The highest BCUT2D eigenvalue weighted by Crippen LogP contribution is 2.34. The summed E-state index contributed by atoms with van der Waals surface area (Å²) < 4.78 is 12.6. The number of nitrogens with one attached hydrogen (secondary N) is 1. The summed E-state index contributed by atoms with van der Waals surface area (Å²) in [6.07, 6.45) is 0.736. The second-order valence-electron chi connectivity index (χ2n) is 10.4. The van der Waals surface area contributed by atoms with E-state index in [-0.39, 0.29) is 31.7 Å². The molecule has 0 bridgehead atoms. The Hall–Kier alpha value is -4.40. The molecule has 39 heavy (non-hydrogen) atoms. The smallest absolute Gasteiger partial charge is 0.247 e. The lowest BCUT2D eigenvalue weighted by Crippen LogP contribution is -2.50. The molecular formula is C30H33N5O4. The zero-order chi connectivity index (χ0) is 27.6. The highest BCUT2D eigenvalue weighted by atomic mass is 16.7. The average Bonchev–Trinajstić information content (AvgIpc) is 3.56. The third-order valence-electron chi connectivity index (χ3n) is 7.20. The molecule has 9 heteroatoms. The number of aryl methyl sites for hydroxylation is 1. The van der Waals surface area contributed by atoms with E-state index in [0.717, 1.165) is 28.6 Å². The normalized spacial score (nSPS) is 13.3. The number of hydrogen-bond acceptors (Lipinski definition) is 6. The first-order valence-electron chi connectivity index (χ1n) is 13.1. The highest BCUT2D eigenvalue weighted by Gasteiger charge is 2.35. The maximum absolute atomic E-state index is 14.2. The fourth-order valence-corrected chi connectivity index (χ4v) is 4.65. The second kappa shape index (κ2) is 10.8. The zero-order valence-electron chi connectivity index (χ0n) is 22.7. The molecule has 0 saturated heterocycles. The van der Waals surface area contributed by atoms with E-state index in [9.17, 15) is 9.59 Å². The maximum Gasteiger partial charge on any atom is 0.247 e. The van der Waals surface area contributed by atoms with Gasteiger partial charge in [-0.05, 0) is 68.1 Å². The summed E-state index contributed by atoms with van der Waals surface area (Å²) >= 11 is 0. The molecule has 0 saturated carbocycles. The molecule has 0 fully saturated rings. The molecule has 1 N–H and O–H groups in total. The first kappa shape index (κ1) is 26.2. The van der Waals surface area contributed by atoms with Gasteiger partial charge in [0.15, 0.2) is 11.5 Å². The molecule has 0 unspecified atom stereocenters. The molecule has 4 aromatic rings. The van der Waals surface area contributed by atoms with Gasteiger partial charge in [0.25, 0.3) is 0 Å². The van der Waals surface area contributed by atoms with Crippen LogP contribution in [0.1, 0.15) is 49.9 Å². The number of para-hydroxylation sites is 1. The lowest BCUT2D eigenvalue weighted by atomic mass is 9.95. The number of nitrogens with zero attached hydrogens (tertiary/aromatic N) is 4. The second-order valence-corrected chi connectivity index (χ2v) is 10.4. The van der Waals surface area contributed by atoms with Crippen molar-refractivity contribution in [2.24, 2.45) is 0 Å². The summed E-state index contributed by atoms with van der Waals surface area (Å²) in [6, 6.07) is 19.9. The summed E-state index contributed by atoms with van der Waals surface area (Å²) in [7, 11) is 0. The number of hydrogen-bond donors (Lipinski definition) is 1. The van der Waals surface area contributed by atoms with Crippen LogP contribution in [0.5, 0.6) is 11.5 Å². The van der Waals surface area contributed by atoms with Crippen LogP contribution in [0.15, 0.2) is 66.7 Å². The molecule has 0 spiro atoms. The fourth-order valence-electron chi connectivity index (χ4n) is 4.65. The van der Waals surface area contributed by atoms with Gasteiger partial charge in [0, 0.05) is 12.1 Å². The van der Waals surface area contributed by atoms with Crippen molar-refractivity contribution in [1.82, 2.24) is 25.2 Å². The van der Waals surface area contributed by atoms with Crippen LogP contribution in [0.4, 0.5) is 0 Å². The molecule has 1 aliphatic heterocycles. The highest BCUT2D eigenvalue weighted by molar-refractivity contribution is 5.90. The monoisotopic (exact) mass is 527 g/mol. The predicted molar refractivity (Wildman–Crippen MR) is 147 cm³/mol. The van der Waals surface area contributed by atoms with Crippen LogP contribution in [0.25, 0.3) is 11.0 Å². The Balaban J connectivity index is 1.57. The number of carbonyl (C=O) groups excluding carboxylic acids is 2. The minimum absolute atomic E-state index is 0.0715. The van der Waals surface area contributed by atoms with E-state index < -0.39 is 11.6 Å². The number of carbonyl (C=O) groups is 2. The fraction of sp³-hybridized carbons (Fsp3) is 0.333. The molecule has 1 aromatic heterocycles. The van der Waals surface area contributed by atoms with Crippen LogP contribution in [0.3, 0.4) is 0 Å². The number of ether oxygens (including phenoxy) is 2. The Labute approximate surface area is 227 Å². The molecule has 1 aliphatic rings. The van der Waals surface area contributed by atoms with E-state index in [2.05, 4.69) is 15.6 Å². The van der Waals surface area contributed by atoms with Crippen LogP contribution in [0, 0.1) is 6.92 Å². The van der Waals surface area contributed by atoms with Gasteiger partial charge >= 0.3 is 0 Å². The Bertz CT molecular complexity index is 1510. The van der Waals surface area contributed by atoms with Crippen LogP contribution in [-0.4, -0.2) is 44.0 Å². The average molecular weight is 528 g/mol. The predicted octanol–water partition coefficient (Wildman–Crippen LogP) is 4.54. The van der Waals surface area contributed by atoms with Gasteiger partial charge in [0.1, 0.15) is 18.1 Å². The Morgan fingerprint density at radius 3 is 2.59 bits per heavy atom. The number of fused-ring (bicyclic) bond motifs is 2. The number of amides is 2. The van der Waals surface area contributed by atoms with Gasteiger partial charge in [-0.1, -0.05) is 54.6 Å². The molecule has 202 valence electrons. The topological polar surface area (TPSA) is 98.6 Å². The summed E-state index contributed by atoms with van der Waals surface area (Å²) in [4.78, 5) is 29.8. The summed E-state index contributed by atoms with van der Waals surface area (Å²) in [5.74, 6) is 0.768. The summed E-state index contributed by atoms with van der Waals surface area (Å²) in [5, 5.41) is 11.6. The molecule has 2 heterocycles. The lowest BCUT2D eigenvalue weighted by molar-refractivity contribution is -0.143. The van der Waals surface area contributed by atoms with Crippen molar-refractivity contribution >= 4 is 22.8 Å². The third-order valence-corrected chi connectivity index (χ3v) is 7.20. The Morgan fingerprint density at radius 1 is 1.05 bits per heavy atom. The van der Waals surface area contributed by atoms with E-state index in [1.54, 1.807) is 9.58 Å². The van der Waals surface area contributed by atoms with E-state index in [4.69, 9.17) is 9.47 Å². The third kappa shape index (κ3) is 5.57. The first-order chi connectivity index (χ1) is 18.8. The molecule has 3 aromatic carbocycles. The molecule has 9 nitrogen and oxygen atoms in total. The number of rotatable bonds is 9. The van der Waals surface area contributed by atoms with Gasteiger partial charge in [0.05, 0.1) is 5.52 Å². The lowest BCUT2D eigenvalue weighted by Gasteiger charge is -2.35. The standard InChI is InChI=1S/C30H33N5O4/c1-5-30(3,4)31-29(37)28(22-11-7-6-10-20(22)2)34(17-21-14-15-25-26(16-21)39-19-38-25)27(36)18-35-24-13-9-8-12-23(24)32-33-35/h6-16,28H,5,17-19H2,1-4H3,(H,31,37)/t28-/m0/s1. The molecule has 2 amide bonds. The van der Waals surface area contributed by atoms with Crippen molar-refractivity contribution in [2.45, 2.75) is 58.8 Å². The van der Waals surface area contributed by atoms with Crippen molar-refractivity contribution < 1.29 is 19.1 Å². The number of aromatic nitrogens is 3. The van der Waals surface area contributed by atoms with Crippen molar-refractivity contribution in [3.63, 3.8) is 0 Å². The maximum atomic E-state index is 14.2. The van der Waals surface area contributed by atoms with E-state index in [1.807, 2.05) is 94.4 Å². The van der Waals surface area contributed by atoms with Gasteiger partial charge < -0.3 is 19.7 Å². The zero-order valence-corrected chi connectivity index (χ0v) is 22.7. The van der Waals surface area contributed by atoms with Crippen LogP contribution >= 0.6 is 0 Å². The molecule has 0 aliphatic carbocycles. The van der Waals surface area contributed by atoms with Crippen molar-refractivity contribution in [1.29, 1.82) is 0 Å². The van der Waals surface area contributed by atoms with Crippen LogP contribution in [0.2, 0.25) is 0 Å². The van der Waals surface area contributed by atoms with Gasteiger partial charge in [-0.15, -0.1) is 5.10 Å². The van der Waals surface area contributed by atoms with Gasteiger partial charge in [-0.2, -0.15) is 0 Å². The van der Waals surface area contributed by atoms with Crippen LogP contribution in [-0.2, 0) is 22.7 Å².